The second-order valence-electron chi connectivity index (χ2n) is 2.48. The number of rotatable bonds is 0. The lowest BCUT2D eigenvalue weighted by Crippen LogP contribution is -2.22. The molecular formula is C6H11ClN2. The molecule has 0 amide bonds. The van der Waals surface area contributed by atoms with Gasteiger partial charge in [0.25, 0.3) is 0 Å². The summed E-state index contributed by atoms with van der Waals surface area (Å²) >= 11 is 5.92. The number of hydrazone groups is 1. The Hall–Kier alpha value is -0.240. The van der Waals surface area contributed by atoms with Crippen LogP contribution >= 0.6 is 11.6 Å². The van der Waals surface area contributed by atoms with E-state index in [1.54, 1.807) is 5.01 Å². The maximum absolute atomic E-state index is 5.92. The molecule has 0 radical (unpaired) electrons. The van der Waals surface area contributed by atoms with E-state index in [9.17, 15) is 0 Å². The van der Waals surface area contributed by atoms with Crippen LogP contribution in [0.4, 0.5) is 0 Å². The topological polar surface area (TPSA) is 15.6 Å². The fourth-order valence-electron chi connectivity index (χ4n) is 0.918. The monoisotopic (exact) mass is 146 g/mol. The van der Waals surface area contributed by atoms with Gasteiger partial charge in [0, 0.05) is 18.7 Å². The highest BCUT2D eigenvalue weighted by Gasteiger charge is 2.26. The lowest BCUT2D eigenvalue weighted by molar-refractivity contribution is 0.330. The van der Waals surface area contributed by atoms with E-state index >= 15 is 0 Å². The third-order valence-electron chi connectivity index (χ3n) is 1.74. The Kier molecular flexibility index (Phi) is 1.66. The summed E-state index contributed by atoms with van der Waals surface area (Å²) in [7, 11) is 1.89. The molecule has 3 heteroatoms. The molecule has 0 bridgehead atoms. The first-order valence-corrected chi connectivity index (χ1v) is 3.48. The van der Waals surface area contributed by atoms with Crippen molar-refractivity contribution in [1.82, 2.24) is 5.01 Å². The molecule has 1 rings (SSSR count). The van der Waals surface area contributed by atoms with Crippen molar-refractivity contribution in [3.63, 3.8) is 0 Å². The number of halogens is 1. The van der Waals surface area contributed by atoms with E-state index in [1.165, 1.54) is 0 Å². The van der Waals surface area contributed by atoms with Gasteiger partial charge in [-0.2, -0.15) is 5.10 Å². The average Bonchev–Trinajstić information content (AvgIpc) is 1.98. The first-order chi connectivity index (χ1) is 4.13. The summed E-state index contributed by atoms with van der Waals surface area (Å²) in [6.45, 7) is 4.09. The molecule has 2 atom stereocenters. The minimum atomic E-state index is 0.0602. The SMILES string of the molecule is CC1=NN(C)C(Cl)C1C. The molecule has 0 saturated carbocycles. The van der Waals surface area contributed by atoms with E-state index < -0.39 is 0 Å². The lowest BCUT2D eigenvalue weighted by Gasteiger charge is -2.14. The Morgan fingerprint density at radius 3 is 2.33 bits per heavy atom. The van der Waals surface area contributed by atoms with Gasteiger partial charge >= 0.3 is 0 Å². The lowest BCUT2D eigenvalue weighted by atomic mass is 10.1. The summed E-state index contributed by atoms with van der Waals surface area (Å²) in [5, 5.41) is 5.96. The average molecular weight is 147 g/mol. The van der Waals surface area contributed by atoms with E-state index in [4.69, 9.17) is 11.6 Å². The van der Waals surface area contributed by atoms with Crippen LogP contribution in [0.5, 0.6) is 0 Å². The molecule has 0 aromatic rings. The van der Waals surface area contributed by atoms with Gasteiger partial charge in [0.2, 0.25) is 0 Å². The zero-order chi connectivity index (χ0) is 7.02. The summed E-state index contributed by atoms with van der Waals surface area (Å²) in [5.41, 5.74) is 1.18. The Labute approximate surface area is 60.5 Å². The zero-order valence-electron chi connectivity index (χ0n) is 5.93. The molecule has 2 nitrogen and oxygen atoms in total. The van der Waals surface area contributed by atoms with Crippen molar-refractivity contribution in [2.24, 2.45) is 11.0 Å². The van der Waals surface area contributed by atoms with Crippen molar-refractivity contribution in [1.29, 1.82) is 0 Å². The van der Waals surface area contributed by atoms with Crippen LogP contribution in [-0.4, -0.2) is 23.3 Å². The van der Waals surface area contributed by atoms with Gasteiger partial charge in [-0.05, 0) is 6.92 Å². The molecule has 2 unspecified atom stereocenters. The molecule has 9 heavy (non-hydrogen) atoms. The second-order valence-corrected chi connectivity index (χ2v) is 2.92. The predicted molar refractivity (Wildman–Crippen MR) is 39.7 cm³/mol. The van der Waals surface area contributed by atoms with Gasteiger partial charge in [0.05, 0.1) is 0 Å². The summed E-state index contributed by atoms with van der Waals surface area (Å²) in [6, 6.07) is 0. The van der Waals surface area contributed by atoms with Crippen molar-refractivity contribution >= 4 is 17.3 Å². The van der Waals surface area contributed by atoms with Gasteiger partial charge < -0.3 is 0 Å². The van der Waals surface area contributed by atoms with Crippen molar-refractivity contribution in [2.45, 2.75) is 19.3 Å². The van der Waals surface area contributed by atoms with Crippen LogP contribution in [-0.2, 0) is 0 Å². The van der Waals surface area contributed by atoms with Crippen molar-refractivity contribution in [3.05, 3.63) is 0 Å². The Morgan fingerprint density at radius 1 is 1.67 bits per heavy atom. The van der Waals surface area contributed by atoms with Crippen LogP contribution in [0.1, 0.15) is 13.8 Å². The Bertz CT molecular complexity index is 144. The molecule has 0 aromatic heterocycles. The molecule has 0 N–H and O–H groups in total. The molecule has 0 fully saturated rings. The van der Waals surface area contributed by atoms with Gasteiger partial charge in [0.15, 0.2) is 0 Å². The van der Waals surface area contributed by atoms with Crippen LogP contribution in [0.2, 0.25) is 0 Å². The van der Waals surface area contributed by atoms with Crippen molar-refractivity contribution < 1.29 is 0 Å². The molecule has 52 valence electrons. The normalized spacial score (nSPS) is 35.1. The standard InChI is InChI=1S/C6H11ClN2/c1-4-5(2)8-9(3)6(4)7/h4,6H,1-3H3. The first-order valence-electron chi connectivity index (χ1n) is 3.05. The van der Waals surface area contributed by atoms with Crippen molar-refractivity contribution in [2.75, 3.05) is 7.05 Å². The fourth-order valence-corrected chi connectivity index (χ4v) is 1.14. The first kappa shape index (κ1) is 6.87. The highest BCUT2D eigenvalue weighted by atomic mass is 35.5. The minimum absolute atomic E-state index is 0.0602. The third-order valence-corrected chi connectivity index (χ3v) is 2.40. The van der Waals surface area contributed by atoms with Gasteiger partial charge in [-0.15, -0.1) is 0 Å². The summed E-state index contributed by atoms with van der Waals surface area (Å²) in [6.07, 6.45) is 0. The summed E-state index contributed by atoms with van der Waals surface area (Å²) in [4.78, 5) is 0. The van der Waals surface area contributed by atoms with Crippen LogP contribution in [0.25, 0.3) is 0 Å². The predicted octanol–water partition coefficient (Wildman–Crippen LogP) is 1.51. The third kappa shape index (κ3) is 1.04. The van der Waals surface area contributed by atoms with E-state index in [-0.39, 0.29) is 5.50 Å². The Morgan fingerprint density at radius 2 is 2.22 bits per heavy atom. The molecule has 1 aliphatic heterocycles. The number of alkyl halides is 1. The van der Waals surface area contributed by atoms with Gasteiger partial charge in [-0.1, -0.05) is 18.5 Å². The molecule has 0 aromatic carbocycles. The van der Waals surface area contributed by atoms with E-state index in [2.05, 4.69) is 12.0 Å². The summed E-state index contributed by atoms with van der Waals surface area (Å²) in [5.74, 6) is 0.400. The smallest absolute Gasteiger partial charge is 0.128 e. The molecular weight excluding hydrogens is 136 g/mol. The van der Waals surface area contributed by atoms with Gasteiger partial charge in [-0.25, -0.2) is 0 Å². The van der Waals surface area contributed by atoms with Gasteiger partial charge in [-0.3, -0.25) is 5.01 Å². The summed E-state index contributed by atoms with van der Waals surface area (Å²) < 4.78 is 0. The van der Waals surface area contributed by atoms with Crippen LogP contribution in [0, 0.1) is 5.92 Å². The number of hydrogen-bond acceptors (Lipinski definition) is 2. The van der Waals surface area contributed by atoms with Gasteiger partial charge in [0.1, 0.15) is 5.50 Å². The molecule has 1 heterocycles. The fraction of sp³-hybridized carbons (Fsp3) is 0.833. The number of nitrogens with zero attached hydrogens (tertiary/aromatic N) is 2. The van der Waals surface area contributed by atoms with Crippen LogP contribution in [0.15, 0.2) is 5.10 Å². The molecule has 0 saturated heterocycles. The van der Waals surface area contributed by atoms with Crippen LogP contribution < -0.4 is 0 Å². The number of hydrogen-bond donors (Lipinski definition) is 0. The Balaban J connectivity index is 2.70. The highest BCUT2D eigenvalue weighted by molar-refractivity contribution is 6.22. The quantitative estimate of drug-likeness (QED) is 0.374. The minimum Gasteiger partial charge on any atom is -0.282 e. The van der Waals surface area contributed by atoms with Crippen molar-refractivity contribution in [3.8, 4) is 0 Å². The maximum Gasteiger partial charge on any atom is 0.128 e. The molecule has 0 spiro atoms. The highest BCUT2D eigenvalue weighted by Crippen LogP contribution is 2.22. The molecule has 1 aliphatic rings. The maximum atomic E-state index is 5.92. The largest absolute Gasteiger partial charge is 0.282 e. The zero-order valence-corrected chi connectivity index (χ0v) is 6.68. The van der Waals surface area contributed by atoms with E-state index in [1.807, 2.05) is 14.0 Å². The van der Waals surface area contributed by atoms with Crippen LogP contribution in [0.3, 0.4) is 0 Å². The van der Waals surface area contributed by atoms with E-state index in [0.29, 0.717) is 5.92 Å². The molecule has 0 aliphatic carbocycles. The van der Waals surface area contributed by atoms with E-state index in [0.717, 1.165) is 5.71 Å². The second kappa shape index (κ2) is 2.18.